The minimum atomic E-state index is -3.94. The molecule has 1 aromatic carbocycles. The van der Waals surface area contributed by atoms with Gasteiger partial charge in [0.05, 0.1) is 15.6 Å². The first-order valence-electron chi connectivity index (χ1n) is 5.47. The van der Waals surface area contributed by atoms with Gasteiger partial charge in [0, 0.05) is 0 Å². The Bertz CT molecular complexity index is 788. The molecule has 112 valence electrons. The molecule has 3 N–H and O–H groups in total. The molecule has 0 unspecified atom stereocenters. The van der Waals surface area contributed by atoms with Crippen LogP contribution in [0.25, 0.3) is 0 Å². The number of anilines is 2. The SMILES string of the molecule is Cc1cc(S(=O)(=O)Nc2ncnc(Cl)c2Cl)cc(N)c1Cl. The highest BCUT2D eigenvalue weighted by molar-refractivity contribution is 7.92. The number of nitrogens with two attached hydrogens (primary N) is 1. The van der Waals surface area contributed by atoms with Crippen LogP contribution in [0.3, 0.4) is 0 Å². The molecule has 0 radical (unpaired) electrons. The summed E-state index contributed by atoms with van der Waals surface area (Å²) in [6.45, 7) is 1.65. The van der Waals surface area contributed by atoms with E-state index in [9.17, 15) is 8.42 Å². The van der Waals surface area contributed by atoms with E-state index in [1.54, 1.807) is 6.92 Å². The molecular weight excluding hydrogens is 359 g/mol. The molecule has 10 heteroatoms. The maximum Gasteiger partial charge on any atom is 0.263 e. The van der Waals surface area contributed by atoms with Gasteiger partial charge in [-0.15, -0.1) is 0 Å². The van der Waals surface area contributed by atoms with Gasteiger partial charge in [0.2, 0.25) is 0 Å². The van der Waals surface area contributed by atoms with E-state index in [0.29, 0.717) is 10.6 Å². The summed E-state index contributed by atoms with van der Waals surface area (Å²) in [7, 11) is -3.94. The molecule has 0 saturated heterocycles. The molecule has 1 heterocycles. The second-order valence-corrected chi connectivity index (χ2v) is 6.87. The fourth-order valence-electron chi connectivity index (χ4n) is 1.52. The number of nitrogen functional groups attached to an aromatic ring is 1. The fourth-order valence-corrected chi connectivity index (χ4v) is 3.11. The third-order valence-electron chi connectivity index (χ3n) is 2.54. The minimum absolute atomic E-state index is 0.0591. The molecule has 0 aliphatic rings. The van der Waals surface area contributed by atoms with Crippen molar-refractivity contribution in [3.05, 3.63) is 39.2 Å². The molecule has 0 aliphatic heterocycles. The number of aryl methyl sites for hydroxylation is 1. The number of rotatable bonds is 3. The van der Waals surface area contributed by atoms with Crippen molar-refractivity contribution in [1.29, 1.82) is 0 Å². The van der Waals surface area contributed by atoms with Gasteiger partial charge in [-0.25, -0.2) is 18.4 Å². The molecule has 0 bridgehead atoms. The molecular formula is C11H9Cl3N4O2S. The van der Waals surface area contributed by atoms with Gasteiger partial charge in [0.25, 0.3) is 10.0 Å². The summed E-state index contributed by atoms with van der Waals surface area (Å²) in [5, 5.41) is 0.148. The van der Waals surface area contributed by atoms with Crippen LogP contribution in [0.15, 0.2) is 23.4 Å². The predicted molar refractivity (Wildman–Crippen MR) is 83.5 cm³/mol. The lowest BCUT2D eigenvalue weighted by molar-refractivity contribution is 0.601. The van der Waals surface area contributed by atoms with Crippen LogP contribution < -0.4 is 10.5 Å². The van der Waals surface area contributed by atoms with Crippen molar-refractivity contribution in [3.8, 4) is 0 Å². The molecule has 0 atom stereocenters. The highest BCUT2D eigenvalue weighted by Crippen LogP contribution is 2.30. The van der Waals surface area contributed by atoms with Crippen molar-refractivity contribution < 1.29 is 8.42 Å². The molecule has 0 aliphatic carbocycles. The Morgan fingerprint density at radius 2 is 1.81 bits per heavy atom. The van der Waals surface area contributed by atoms with Crippen LogP contribution in [0.5, 0.6) is 0 Å². The zero-order chi connectivity index (χ0) is 15.8. The summed E-state index contributed by atoms with van der Waals surface area (Å²) >= 11 is 17.5. The lowest BCUT2D eigenvalue weighted by atomic mass is 10.2. The van der Waals surface area contributed by atoms with Crippen LogP contribution >= 0.6 is 34.8 Å². The zero-order valence-corrected chi connectivity index (χ0v) is 13.6. The van der Waals surface area contributed by atoms with Crippen molar-refractivity contribution in [1.82, 2.24) is 9.97 Å². The quantitative estimate of drug-likeness (QED) is 0.641. The third kappa shape index (κ3) is 3.32. The van der Waals surface area contributed by atoms with Gasteiger partial charge in [-0.3, -0.25) is 4.72 Å². The van der Waals surface area contributed by atoms with E-state index in [4.69, 9.17) is 40.5 Å². The lowest BCUT2D eigenvalue weighted by Crippen LogP contribution is -2.15. The lowest BCUT2D eigenvalue weighted by Gasteiger charge is -2.11. The van der Waals surface area contributed by atoms with Crippen molar-refractivity contribution >= 4 is 56.3 Å². The molecule has 0 amide bonds. The minimum Gasteiger partial charge on any atom is -0.397 e. The number of aromatic nitrogens is 2. The van der Waals surface area contributed by atoms with E-state index < -0.39 is 10.0 Å². The normalized spacial score (nSPS) is 11.4. The first-order valence-corrected chi connectivity index (χ1v) is 8.08. The highest BCUT2D eigenvalue weighted by Gasteiger charge is 2.20. The smallest absolute Gasteiger partial charge is 0.263 e. The molecule has 0 fully saturated rings. The van der Waals surface area contributed by atoms with Crippen LogP contribution in [-0.2, 0) is 10.0 Å². The van der Waals surface area contributed by atoms with E-state index in [0.717, 1.165) is 6.33 Å². The van der Waals surface area contributed by atoms with Gasteiger partial charge < -0.3 is 5.73 Å². The van der Waals surface area contributed by atoms with E-state index in [2.05, 4.69) is 14.7 Å². The Labute approximate surface area is 136 Å². The molecule has 6 nitrogen and oxygen atoms in total. The number of sulfonamides is 1. The average Bonchev–Trinajstić information content (AvgIpc) is 2.40. The Morgan fingerprint density at radius 3 is 2.43 bits per heavy atom. The van der Waals surface area contributed by atoms with Crippen LogP contribution in [0.4, 0.5) is 11.5 Å². The van der Waals surface area contributed by atoms with Crippen LogP contribution in [0, 0.1) is 6.92 Å². The Kier molecular flexibility index (Phi) is 4.48. The van der Waals surface area contributed by atoms with Crippen molar-refractivity contribution in [3.63, 3.8) is 0 Å². The molecule has 2 aromatic rings. The summed E-state index contributed by atoms with van der Waals surface area (Å²) in [5.74, 6) is -0.122. The van der Waals surface area contributed by atoms with Gasteiger partial charge >= 0.3 is 0 Å². The monoisotopic (exact) mass is 366 g/mol. The Hall–Kier alpha value is -1.28. The maximum absolute atomic E-state index is 12.3. The number of benzene rings is 1. The van der Waals surface area contributed by atoms with Gasteiger partial charge in [0.15, 0.2) is 11.0 Å². The van der Waals surface area contributed by atoms with E-state index >= 15 is 0 Å². The van der Waals surface area contributed by atoms with Gasteiger partial charge in [0.1, 0.15) is 11.3 Å². The largest absolute Gasteiger partial charge is 0.397 e. The number of halogens is 3. The standard InChI is InChI=1S/C11H9Cl3N4O2S/c1-5-2-6(3-7(15)8(5)12)21(19,20)18-11-9(13)10(14)16-4-17-11/h2-4H,15H2,1H3,(H,16,17,18). The van der Waals surface area contributed by atoms with E-state index in [-0.39, 0.29) is 26.6 Å². The Morgan fingerprint density at radius 1 is 1.14 bits per heavy atom. The zero-order valence-electron chi connectivity index (χ0n) is 10.6. The molecule has 2 rings (SSSR count). The van der Waals surface area contributed by atoms with Crippen LogP contribution in [0.1, 0.15) is 5.56 Å². The van der Waals surface area contributed by atoms with E-state index in [1.807, 2.05) is 0 Å². The highest BCUT2D eigenvalue weighted by atomic mass is 35.5. The molecule has 21 heavy (non-hydrogen) atoms. The number of nitrogens with zero attached hydrogens (tertiary/aromatic N) is 2. The number of hydrogen-bond acceptors (Lipinski definition) is 5. The van der Waals surface area contributed by atoms with Crippen molar-refractivity contribution in [2.45, 2.75) is 11.8 Å². The second kappa shape index (κ2) is 5.84. The Balaban J connectivity index is 2.46. The predicted octanol–water partition coefficient (Wildman–Crippen LogP) is 3.13. The van der Waals surface area contributed by atoms with Crippen LogP contribution in [0.2, 0.25) is 15.2 Å². The summed E-state index contributed by atoms with van der Waals surface area (Å²) in [6.07, 6.45) is 1.09. The van der Waals surface area contributed by atoms with Crippen molar-refractivity contribution in [2.75, 3.05) is 10.5 Å². The fraction of sp³-hybridized carbons (Fsp3) is 0.0909. The summed E-state index contributed by atoms with van der Waals surface area (Å²) in [5.41, 5.74) is 6.36. The van der Waals surface area contributed by atoms with Gasteiger partial charge in [-0.2, -0.15) is 0 Å². The molecule has 1 aromatic heterocycles. The van der Waals surface area contributed by atoms with Crippen LogP contribution in [-0.4, -0.2) is 18.4 Å². The summed E-state index contributed by atoms with van der Waals surface area (Å²) in [6, 6.07) is 2.63. The first kappa shape index (κ1) is 16.1. The number of nitrogens with one attached hydrogen (secondary N) is 1. The first-order chi connectivity index (χ1) is 9.72. The summed E-state index contributed by atoms with van der Waals surface area (Å²) < 4.78 is 26.8. The van der Waals surface area contributed by atoms with Gasteiger partial charge in [-0.1, -0.05) is 34.8 Å². The van der Waals surface area contributed by atoms with E-state index in [1.165, 1.54) is 12.1 Å². The average molecular weight is 368 g/mol. The molecule has 0 spiro atoms. The number of hydrogen-bond donors (Lipinski definition) is 2. The summed E-state index contributed by atoms with van der Waals surface area (Å²) in [4.78, 5) is 7.31. The van der Waals surface area contributed by atoms with Gasteiger partial charge in [-0.05, 0) is 24.6 Å². The van der Waals surface area contributed by atoms with Crippen molar-refractivity contribution in [2.24, 2.45) is 0 Å². The second-order valence-electron chi connectivity index (χ2n) is 4.08. The topological polar surface area (TPSA) is 98.0 Å². The molecule has 0 saturated carbocycles. The maximum atomic E-state index is 12.3. The third-order valence-corrected chi connectivity index (χ3v) is 5.12.